The average molecular weight is 693 g/mol. The molecule has 4 aromatic rings. The lowest BCUT2D eigenvalue weighted by Crippen LogP contribution is -2.54. The zero-order valence-electron chi connectivity index (χ0n) is 26.5. The number of halogens is 2. The maximum atomic E-state index is 14.7. The molecular formula is C37H39Cl2N3O4S. The minimum absolute atomic E-state index is 0.0114. The van der Waals surface area contributed by atoms with Gasteiger partial charge in [0.25, 0.3) is 10.0 Å². The summed E-state index contributed by atoms with van der Waals surface area (Å²) in [6.07, 6.45) is 4.05. The minimum Gasteiger partial charge on any atom is -0.352 e. The molecule has 0 spiro atoms. The summed E-state index contributed by atoms with van der Waals surface area (Å²) in [5.41, 5.74) is 3.50. The van der Waals surface area contributed by atoms with E-state index in [4.69, 9.17) is 23.2 Å². The fourth-order valence-corrected chi connectivity index (χ4v) is 7.75. The van der Waals surface area contributed by atoms with Gasteiger partial charge < -0.3 is 10.2 Å². The number of rotatable bonds is 12. The van der Waals surface area contributed by atoms with E-state index in [0.29, 0.717) is 26.9 Å². The van der Waals surface area contributed by atoms with Crippen LogP contribution in [0.1, 0.15) is 47.9 Å². The number of aryl methyl sites for hydroxylation is 2. The molecular weight excluding hydrogens is 653 g/mol. The monoisotopic (exact) mass is 691 g/mol. The lowest BCUT2D eigenvalue weighted by molar-refractivity contribution is -0.140. The summed E-state index contributed by atoms with van der Waals surface area (Å²) >= 11 is 12.6. The molecule has 47 heavy (non-hydrogen) atoms. The highest BCUT2D eigenvalue weighted by molar-refractivity contribution is 7.92. The standard InChI is InChI=1S/C37H39Cl2N3O4S/c1-26-16-19-31(20-17-26)47(45,46)42(34-15-9-6-10-27(34)2)25-36(43)41(24-29-18-21-32(38)33(39)22-29)35(23-28-11-4-3-5-12-28)37(44)40-30-13-7-8-14-30/h3-6,9-12,15-22,30,35H,7-8,13-14,23-25H2,1-2H3,(H,40,44)/t35-/m0/s1. The molecule has 1 saturated carbocycles. The molecule has 1 atom stereocenters. The van der Waals surface area contributed by atoms with E-state index in [1.807, 2.05) is 43.3 Å². The molecule has 2 amide bonds. The number of carbonyl (C=O) groups is 2. The molecule has 0 unspecified atom stereocenters. The zero-order valence-corrected chi connectivity index (χ0v) is 28.9. The lowest BCUT2D eigenvalue weighted by Gasteiger charge is -2.34. The number of nitrogens with zero attached hydrogens (tertiary/aromatic N) is 2. The predicted octanol–water partition coefficient (Wildman–Crippen LogP) is 7.50. The van der Waals surface area contributed by atoms with E-state index in [1.54, 1.807) is 67.6 Å². The summed E-state index contributed by atoms with van der Waals surface area (Å²) in [4.78, 5) is 30.4. The van der Waals surface area contributed by atoms with Crippen LogP contribution in [0.3, 0.4) is 0 Å². The number of para-hydroxylation sites is 1. The largest absolute Gasteiger partial charge is 0.352 e. The highest BCUT2D eigenvalue weighted by Crippen LogP contribution is 2.29. The average Bonchev–Trinajstić information content (AvgIpc) is 3.57. The van der Waals surface area contributed by atoms with Crippen LogP contribution in [0.15, 0.2) is 102 Å². The number of nitrogens with one attached hydrogen (secondary N) is 1. The third kappa shape index (κ3) is 8.55. The first-order chi connectivity index (χ1) is 22.5. The molecule has 1 aliphatic rings. The van der Waals surface area contributed by atoms with Crippen LogP contribution in [0.4, 0.5) is 5.69 Å². The van der Waals surface area contributed by atoms with Crippen molar-refractivity contribution in [3.8, 4) is 0 Å². The summed E-state index contributed by atoms with van der Waals surface area (Å²) in [7, 11) is -4.18. The van der Waals surface area contributed by atoms with Gasteiger partial charge in [-0.1, -0.05) is 108 Å². The first-order valence-electron chi connectivity index (χ1n) is 15.8. The molecule has 1 aliphatic carbocycles. The van der Waals surface area contributed by atoms with E-state index in [0.717, 1.165) is 41.1 Å². The van der Waals surface area contributed by atoms with Crippen LogP contribution in [0.2, 0.25) is 10.0 Å². The third-order valence-electron chi connectivity index (χ3n) is 8.58. The Labute approximate surface area is 287 Å². The highest BCUT2D eigenvalue weighted by Gasteiger charge is 2.36. The predicted molar refractivity (Wildman–Crippen MR) is 188 cm³/mol. The first kappa shape index (κ1) is 34.5. The first-order valence-corrected chi connectivity index (χ1v) is 18.0. The second kappa shape index (κ2) is 15.4. The van der Waals surface area contributed by atoms with E-state index < -0.39 is 28.5 Å². The van der Waals surface area contributed by atoms with Gasteiger partial charge in [-0.25, -0.2) is 8.42 Å². The number of benzene rings is 4. The van der Waals surface area contributed by atoms with Crippen LogP contribution in [0, 0.1) is 13.8 Å². The number of amides is 2. The molecule has 0 heterocycles. The van der Waals surface area contributed by atoms with Gasteiger partial charge in [0.1, 0.15) is 12.6 Å². The lowest BCUT2D eigenvalue weighted by atomic mass is 10.0. The van der Waals surface area contributed by atoms with Crippen molar-refractivity contribution in [1.29, 1.82) is 0 Å². The number of carbonyl (C=O) groups excluding carboxylic acids is 2. The third-order valence-corrected chi connectivity index (χ3v) is 11.1. The molecule has 0 aliphatic heterocycles. The molecule has 7 nitrogen and oxygen atoms in total. The van der Waals surface area contributed by atoms with Crippen LogP contribution in [-0.2, 0) is 32.6 Å². The van der Waals surface area contributed by atoms with Crippen molar-refractivity contribution in [2.24, 2.45) is 0 Å². The van der Waals surface area contributed by atoms with Gasteiger partial charge in [0.2, 0.25) is 11.8 Å². The molecule has 1 N–H and O–H groups in total. The van der Waals surface area contributed by atoms with Crippen LogP contribution in [0.25, 0.3) is 0 Å². The van der Waals surface area contributed by atoms with Crippen molar-refractivity contribution < 1.29 is 18.0 Å². The molecule has 4 aromatic carbocycles. The Morgan fingerprint density at radius 1 is 0.830 bits per heavy atom. The van der Waals surface area contributed by atoms with Crippen molar-refractivity contribution in [2.75, 3.05) is 10.8 Å². The van der Waals surface area contributed by atoms with Gasteiger partial charge in [-0.2, -0.15) is 0 Å². The van der Waals surface area contributed by atoms with Gasteiger partial charge in [-0.3, -0.25) is 13.9 Å². The molecule has 0 aromatic heterocycles. The summed E-state index contributed by atoms with van der Waals surface area (Å²) in [5.74, 6) is -0.810. The Kier molecular flexibility index (Phi) is 11.3. The molecule has 1 fully saturated rings. The maximum absolute atomic E-state index is 14.7. The molecule has 246 valence electrons. The quantitative estimate of drug-likeness (QED) is 0.167. The Balaban J connectivity index is 1.58. The van der Waals surface area contributed by atoms with Crippen molar-refractivity contribution >= 4 is 50.7 Å². The maximum Gasteiger partial charge on any atom is 0.264 e. The Bertz CT molecular complexity index is 1810. The molecule has 0 bridgehead atoms. The fraction of sp³-hybridized carbons (Fsp3) is 0.297. The van der Waals surface area contributed by atoms with Crippen molar-refractivity contribution in [3.05, 3.63) is 129 Å². The van der Waals surface area contributed by atoms with Gasteiger partial charge in [0.05, 0.1) is 20.6 Å². The van der Waals surface area contributed by atoms with Gasteiger partial charge in [0, 0.05) is 19.0 Å². The second-order valence-electron chi connectivity index (χ2n) is 12.1. The van der Waals surface area contributed by atoms with Crippen LogP contribution in [0.5, 0.6) is 0 Å². The number of sulfonamides is 1. The van der Waals surface area contributed by atoms with E-state index in [9.17, 15) is 18.0 Å². The molecule has 5 rings (SSSR count). The molecule has 10 heteroatoms. The smallest absolute Gasteiger partial charge is 0.264 e. The number of anilines is 1. The van der Waals surface area contributed by atoms with Crippen LogP contribution < -0.4 is 9.62 Å². The van der Waals surface area contributed by atoms with Crippen molar-refractivity contribution in [2.45, 2.75) is 69.5 Å². The Hall–Kier alpha value is -3.85. The SMILES string of the molecule is Cc1ccc(S(=O)(=O)N(CC(=O)N(Cc2ccc(Cl)c(Cl)c2)[C@@H](Cc2ccccc2)C(=O)NC2CCCC2)c2ccccc2C)cc1. The topological polar surface area (TPSA) is 86.8 Å². The summed E-state index contributed by atoms with van der Waals surface area (Å²) in [6, 6.07) is 27.3. The van der Waals surface area contributed by atoms with E-state index in [2.05, 4.69) is 5.32 Å². The second-order valence-corrected chi connectivity index (χ2v) is 14.8. The van der Waals surface area contributed by atoms with E-state index in [1.165, 1.54) is 4.90 Å². The van der Waals surface area contributed by atoms with E-state index >= 15 is 0 Å². The van der Waals surface area contributed by atoms with Gasteiger partial charge >= 0.3 is 0 Å². The van der Waals surface area contributed by atoms with Crippen LogP contribution >= 0.6 is 23.2 Å². The Morgan fingerprint density at radius 2 is 1.49 bits per heavy atom. The summed E-state index contributed by atoms with van der Waals surface area (Å²) in [5, 5.41) is 3.86. The van der Waals surface area contributed by atoms with E-state index in [-0.39, 0.29) is 29.8 Å². The van der Waals surface area contributed by atoms with Crippen molar-refractivity contribution in [1.82, 2.24) is 10.2 Å². The van der Waals surface area contributed by atoms with Gasteiger partial charge in [-0.05, 0) is 73.7 Å². The number of hydrogen-bond acceptors (Lipinski definition) is 4. The fourth-order valence-electron chi connectivity index (χ4n) is 5.95. The number of hydrogen-bond donors (Lipinski definition) is 1. The molecule has 0 saturated heterocycles. The Morgan fingerprint density at radius 3 is 2.15 bits per heavy atom. The zero-order chi connectivity index (χ0) is 33.6. The molecule has 0 radical (unpaired) electrons. The summed E-state index contributed by atoms with van der Waals surface area (Å²) in [6.45, 7) is 3.17. The van der Waals surface area contributed by atoms with Gasteiger partial charge in [0.15, 0.2) is 0 Å². The normalized spacial score (nSPS) is 14.0. The van der Waals surface area contributed by atoms with Crippen LogP contribution in [-0.4, -0.2) is 43.8 Å². The highest BCUT2D eigenvalue weighted by atomic mass is 35.5. The summed E-state index contributed by atoms with van der Waals surface area (Å²) < 4.78 is 29.7. The minimum atomic E-state index is -4.18. The van der Waals surface area contributed by atoms with Gasteiger partial charge in [-0.15, -0.1) is 0 Å². The van der Waals surface area contributed by atoms with Crippen molar-refractivity contribution in [3.63, 3.8) is 0 Å².